The molecule has 0 spiro atoms. The van der Waals surface area contributed by atoms with Gasteiger partial charge in [-0.1, -0.05) is 38.1 Å². The first-order chi connectivity index (χ1) is 15.8. The standard InChI is InChI=1S/C23H28BN3O6/c1-15(2)10-16(12-25)22(28)27-9-5-6-18(27)14-33-23(29)26-21(24(30)31)11-17-13-32-20-8-4-3-7-19(17)20/h3-4,7-8,10,13,15,18,21,30-31H,5-6,9,11,14H2,1-2H3,(H,26,29)/t18-,21?/m1/s1. The fourth-order valence-electron chi connectivity index (χ4n) is 3.94. The van der Waals surface area contributed by atoms with Crippen molar-refractivity contribution in [3.8, 4) is 6.07 Å². The third kappa shape index (κ3) is 6.15. The highest BCUT2D eigenvalue weighted by Crippen LogP contribution is 2.23. The van der Waals surface area contributed by atoms with E-state index in [2.05, 4.69) is 5.32 Å². The zero-order valence-electron chi connectivity index (χ0n) is 18.7. The normalized spacial score (nSPS) is 17.2. The Morgan fingerprint density at radius 3 is 2.85 bits per heavy atom. The molecule has 1 aliphatic rings. The van der Waals surface area contributed by atoms with Crippen LogP contribution in [-0.4, -0.2) is 59.2 Å². The van der Waals surface area contributed by atoms with Crippen molar-refractivity contribution in [2.24, 2.45) is 5.92 Å². The van der Waals surface area contributed by atoms with E-state index in [1.807, 2.05) is 38.1 Å². The van der Waals surface area contributed by atoms with Gasteiger partial charge in [0.05, 0.1) is 18.2 Å². The van der Waals surface area contributed by atoms with Gasteiger partial charge in [0.2, 0.25) is 0 Å². The van der Waals surface area contributed by atoms with Gasteiger partial charge in [0, 0.05) is 11.9 Å². The van der Waals surface area contributed by atoms with E-state index in [0.29, 0.717) is 18.5 Å². The number of likely N-dealkylation sites (tertiary alicyclic amines) is 1. The summed E-state index contributed by atoms with van der Waals surface area (Å²) in [4.78, 5) is 26.7. The molecule has 0 bridgehead atoms. The van der Waals surface area contributed by atoms with E-state index in [4.69, 9.17) is 9.15 Å². The van der Waals surface area contributed by atoms with Gasteiger partial charge < -0.3 is 29.4 Å². The predicted molar refractivity (Wildman–Crippen MR) is 122 cm³/mol. The van der Waals surface area contributed by atoms with Crippen LogP contribution < -0.4 is 5.32 Å². The number of nitriles is 1. The molecule has 1 fully saturated rings. The number of hydrogen-bond acceptors (Lipinski definition) is 7. The lowest BCUT2D eigenvalue weighted by Gasteiger charge is -2.25. The van der Waals surface area contributed by atoms with Gasteiger partial charge in [0.15, 0.2) is 0 Å². The number of carbonyl (C=O) groups is 2. The molecule has 3 N–H and O–H groups in total. The van der Waals surface area contributed by atoms with E-state index in [1.165, 1.54) is 6.26 Å². The molecule has 1 aromatic heterocycles. The van der Waals surface area contributed by atoms with Crippen LogP contribution in [0.2, 0.25) is 0 Å². The van der Waals surface area contributed by atoms with Crippen molar-refractivity contribution in [3.63, 3.8) is 0 Å². The minimum absolute atomic E-state index is 0.0547. The lowest BCUT2D eigenvalue weighted by Crippen LogP contribution is -2.49. The highest BCUT2D eigenvalue weighted by atomic mass is 16.5. The van der Waals surface area contributed by atoms with Gasteiger partial charge >= 0.3 is 13.2 Å². The van der Waals surface area contributed by atoms with E-state index >= 15 is 0 Å². The number of allylic oxidation sites excluding steroid dienone is 1. The lowest BCUT2D eigenvalue weighted by molar-refractivity contribution is -0.128. The molecule has 2 aromatic rings. The van der Waals surface area contributed by atoms with Crippen LogP contribution in [0.15, 0.2) is 46.6 Å². The number of para-hydroxylation sites is 1. The van der Waals surface area contributed by atoms with Crippen LogP contribution in [0.5, 0.6) is 0 Å². The van der Waals surface area contributed by atoms with Crippen LogP contribution in [0.25, 0.3) is 11.0 Å². The molecule has 0 radical (unpaired) electrons. The smallest absolute Gasteiger partial charge is 0.464 e. The van der Waals surface area contributed by atoms with Crippen LogP contribution in [0.3, 0.4) is 0 Å². The van der Waals surface area contributed by atoms with E-state index in [1.54, 1.807) is 17.0 Å². The van der Waals surface area contributed by atoms with Gasteiger partial charge in [0.1, 0.15) is 23.8 Å². The Morgan fingerprint density at radius 2 is 2.15 bits per heavy atom. The van der Waals surface area contributed by atoms with Gasteiger partial charge in [-0.15, -0.1) is 0 Å². The minimum Gasteiger partial charge on any atom is -0.464 e. The van der Waals surface area contributed by atoms with Crippen molar-refractivity contribution in [1.82, 2.24) is 10.2 Å². The number of nitrogens with one attached hydrogen (secondary N) is 1. The molecule has 1 aromatic carbocycles. The number of furan rings is 1. The molecular formula is C23H28BN3O6. The molecule has 0 aliphatic carbocycles. The summed E-state index contributed by atoms with van der Waals surface area (Å²) in [6.45, 7) is 4.20. The van der Waals surface area contributed by atoms with Crippen molar-refractivity contribution in [2.75, 3.05) is 13.2 Å². The summed E-state index contributed by atoms with van der Waals surface area (Å²) in [5.74, 6) is -1.33. The van der Waals surface area contributed by atoms with Gasteiger partial charge in [-0.25, -0.2) is 4.79 Å². The molecular weight excluding hydrogens is 425 g/mol. The fourth-order valence-corrected chi connectivity index (χ4v) is 3.94. The molecule has 0 saturated carbocycles. The molecule has 9 nitrogen and oxygen atoms in total. The van der Waals surface area contributed by atoms with E-state index in [-0.39, 0.29) is 36.5 Å². The van der Waals surface area contributed by atoms with Crippen molar-refractivity contribution >= 4 is 30.1 Å². The maximum atomic E-state index is 12.7. The number of ether oxygens (including phenoxy) is 1. The van der Waals surface area contributed by atoms with Gasteiger partial charge in [0.25, 0.3) is 5.91 Å². The Kier molecular flexibility index (Phi) is 8.14. The summed E-state index contributed by atoms with van der Waals surface area (Å²) in [6.07, 6.45) is 3.84. The van der Waals surface area contributed by atoms with Crippen molar-refractivity contribution in [3.05, 3.63) is 47.7 Å². The molecule has 1 unspecified atom stereocenters. The summed E-state index contributed by atoms with van der Waals surface area (Å²) in [7, 11) is -1.81. The molecule has 10 heteroatoms. The lowest BCUT2D eigenvalue weighted by atomic mass is 9.76. The number of hydrogen-bond donors (Lipinski definition) is 3. The topological polar surface area (TPSA) is 136 Å². The predicted octanol–water partition coefficient (Wildman–Crippen LogP) is 2.18. The molecule has 2 atom stereocenters. The Morgan fingerprint density at radius 1 is 1.39 bits per heavy atom. The molecule has 1 saturated heterocycles. The summed E-state index contributed by atoms with van der Waals surface area (Å²) < 4.78 is 10.8. The summed E-state index contributed by atoms with van der Waals surface area (Å²) >= 11 is 0. The summed E-state index contributed by atoms with van der Waals surface area (Å²) in [5, 5.41) is 32.1. The Labute approximate surface area is 192 Å². The van der Waals surface area contributed by atoms with Gasteiger partial charge in [-0.3, -0.25) is 4.79 Å². The number of benzene rings is 1. The maximum absolute atomic E-state index is 12.7. The largest absolute Gasteiger partial charge is 0.475 e. The second-order valence-electron chi connectivity index (χ2n) is 8.45. The Hall–Kier alpha value is -3.29. The average molecular weight is 453 g/mol. The van der Waals surface area contributed by atoms with Crippen molar-refractivity contribution in [2.45, 2.75) is 45.1 Å². The number of rotatable bonds is 8. The third-order valence-corrected chi connectivity index (χ3v) is 5.56. The molecule has 33 heavy (non-hydrogen) atoms. The van der Waals surface area contributed by atoms with Crippen LogP contribution in [0, 0.1) is 17.2 Å². The minimum atomic E-state index is -1.81. The van der Waals surface area contributed by atoms with Gasteiger partial charge in [-0.2, -0.15) is 5.26 Å². The first-order valence-corrected chi connectivity index (χ1v) is 11.0. The number of carbonyl (C=O) groups excluding carboxylic acids is 2. The fraction of sp³-hybridized carbons (Fsp3) is 0.435. The second kappa shape index (κ2) is 11.0. The maximum Gasteiger partial charge on any atom is 0.475 e. The molecule has 2 heterocycles. The van der Waals surface area contributed by atoms with Crippen molar-refractivity contribution < 1.29 is 28.8 Å². The Bertz CT molecular complexity index is 1060. The molecule has 3 rings (SSSR count). The van der Waals surface area contributed by atoms with E-state index < -0.39 is 19.2 Å². The second-order valence-corrected chi connectivity index (χ2v) is 8.45. The van der Waals surface area contributed by atoms with Crippen molar-refractivity contribution in [1.29, 1.82) is 5.26 Å². The van der Waals surface area contributed by atoms with Gasteiger partial charge in [-0.05, 0) is 36.8 Å². The van der Waals surface area contributed by atoms with Crippen LogP contribution >= 0.6 is 0 Å². The molecule has 174 valence electrons. The number of nitrogens with zero attached hydrogens (tertiary/aromatic N) is 2. The zero-order valence-corrected chi connectivity index (χ0v) is 18.7. The quantitative estimate of drug-likeness (QED) is 0.317. The van der Waals surface area contributed by atoms with Crippen LogP contribution in [0.1, 0.15) is 32.3 Å². The number of alkyl carbamates (subject to hydrolysis) is 1. The monoisotopic (exact) mass is 453 g/mol. The number of fused-ring (bicyclic) bond motifs is 1. The summed E-state index contributed by atoms with van der Waals surface area (Å²) in [5.41, 5.74) is 1.46. The Balaban J connectivity index is 1.58. The highest BCUT2D eigenvalue weighted by molar-refractivity contribution is 6.43. The SMILES string of the molecule is CC(C)C=C(C#N)C(=O)N1CCC[C@@H]1COC(=O)NC(Cc1coc2ccccc12)B(O)O. The zero-order chi connectivity index (χ0) is 24.0. The summed E-state index contributed by atoms with van der Waals surface area (Å²) in [6, 6.07) is 8.93. The third-order valence-electron chi connectivity index (χ3n) is 5.56. The highest BCUT2D eigenvalue weighted by Gasteiger charge is 2.32. The first kappa shape index (κ1) is 24.4. The van der Waals surface area contributed by atoms with Crippen LogP contribution in [-0.2, 0) is 16.0 Å². The molecule has 1 aliphatic heterocycles. The average Bonchev–Trinajstić information content (AvgIpc) is 3.42. The molecule has 2 amide bonds. The number of amides is 2. The first-order valence-electron chi connectivity index (χ1n) is 11.0. The van der Waals surface area contributed by atoms with Crippen LogP contribution in [0.4, 0.5) is 4.79 Å². The van der Waals surface area contributed by atoms with E-state index in [9.17, 15) is 24.9 Å². The van der Waals surface area contributed by atoms with E-state index in [0.717, 1.165) is 17.4 Å².